The minimum Gasteiger partial charge on any atom is -0.504 e. The van der Waals surface area contributed by atoms with Crippen LogP contribution in [0, 0.1) is 0 Å². The molecule has 0 radical (unpaired) electrons. The number of methoxy groups -OCH3 is 2. The van der Waals surface area contributed by atoms with Crippen molar-refractivity contribution in [2.45, 2.75) is 6.54 Å². The first-order chi connectivity index (χ1) is 9.08. The molecule has 1 amide bonds. The number of carbonyl (C=O) groups excluding carboxylic acids is 1. The Morgan fingerprint density at radius 3 is 2.68 bits per heavy atom. The van der Waals surface area contributed by atoms with Gasteiger partial charge in [0.05, 0.1) is 20.3 Å². The second-order valence-electron chi connectivity index (χ2n) is 3.67. The minimum atomic E-state index is -0.871. The molecule has 1 aromatic rings. The highest BCUT2D eigenvalue weighted by atomic mass is 16.6. The average molecular weight is 271 g/mol. The number of hydroxylamine groups is 2. The molecule has 19 heavy (non-hydrogen) atoms. The SMILES string of the molecule is COCCOC(=O)N(O)Cc1ccc(O)c(OC)c1. The summed E-state index contributed by atoms with van der Waals surface area (Å²) in [5.41, 5.74) is 0.584. The van der Waals surface area contributed by atoms with Crippen LogP contribution >= 0.6 is 0 Å². The fourth-order valence-electron chi connectivity index (χ4n) is 1.34. The van der Waals surface area contributed by atoms with Crippen LogP contribution in [0.4, 0.5) is 4.79 Å². The van der Waals surface area contributed by atoms with Crippen LogP contribution in [0.5, 0.6) is 11.5 Å². The third-order valence-electron chi connectivity index (χ3n) is 2.30. The van der Waals surface area contributed by atoms with Crippen LogP contribution in [0.15, 0.2) is 18.2 Å². The summed E-state index contributed by atoms with van der Waals surface area (Å²) in [5, 5.41) is 19.4. The predicted octanol–water partition coefficient (Wildman–Crippen LogP) is 1.38. The molecule has 7 nitrogen and oxygen atoms in total. The first-order valence-corrected chi connectivity index (χ1v) is 5.56. The van der Waals surface area contributed by atoms with Crippen LogP contribution in [0.25, 0.3) is 0 Å². The van der Waals surface area contributed by atoms with Gasteiger partial charge in [0, 0.05) is 7.11 Å². The van der Waals surface area contributed by atoms with Crippen molar-refractivity contribution in [2.24, 2.45) is 0 Å². The van der Waals surface area contributed by atoms with Crippen molar-refractivity contribution in [3.8, 4) is 11.5 Å². The molecule has 0 saturated heterocycles. The zero-order valence-electron chi connectivity index (χ0n) is 10.8. The standard InChI is InChI=1S/C12H17NO6/c1-17-5-6-19-12(15)13(16)8-9-3-4-10(14)11(7-9)18-2/h3-4,7,14,16H,5-6,8H2,1-2H3. The van der Waals surface area contributed by atoms with Gasteiger partial charge in [-0.05, 0) is 17.7 Å². The van der Waals surface area contributed by atoms with Crippen LogP contribution in [-0.4, -0.2) is 48.9 Å². The van der Waals surface area contributed by atoms with Gasteiger partial charge in [0.25, 0.3) is 0 Å². The predicted molar refractivity (Wildman–Crippen MR) is 65.2 cm³/mol. The van der Waals surface area contributed by atoms with E-state index in [1.807, 2.05) is 0 Å². The summed E-state index contributed by atoms with van der Waals surface area (Å²) in [7, 11) is 2.89. The van der Waals surface area contributed by atoms with Gasteiger partial charge >= 0.3 is 6.09 Å². The monoisotopic (exact) mass is 271 g/mol. The van der Waals surface area contributed by atoms with Crippen LogP contribution in [0.2, 0.25) is 0 Å². The summed E-state index contributed by atoms with van der Waals surface area (Å²) in [6.07, 6.45) is -0.871. The number of amides is 1. The first-order valence-electron chi connectivity index (χ1n) is 5.56. The maximum Gasteiger partial charge on any atom is 0.434 e. The molecule has 106 valence electrons. The lowest BCUT2D eigenvalue weighted by Gasteiger charge is -2.15. The highest BCUT2D eigenvalue weighted by Crippen LogP contribution is 2.26. The van der Waals surface area contributed by atoms with E-state index in [2.05, 4.69) is 0 Å². The van der Waals surface area contributed by atoms with E-state index in [9.17, 15) is 15.1 Å². The Hall–Kier alpha value is -1.99. The summed E-state index contributed by atoms with van der Waals surface area (Å²) in [6.45, 7) is 0.236. The zero-order chi connectivity index (χ0) is 14.3. The van der Waals surface area contributed by atoms with Gasteiger partial charge in [-0.1, -0.05) is 6.07 Å². The average Bonchev–Trinajstić information content (AvgIpc) is 2.41. The Kier molecular flexibility index (Phi) is 5.91. The maximum atomic E-state index is 11.4. The topological polar surface area (TPSA) is 88.5 Å². The molecule has 2 N–H and O–H groups in total. The Labute approximate surface area is 110 Å². The number of phenols is 1. The highest BCUT2D eigenvalue weighted by Gasteiger charge is 2.13. The second kappa shape index (κ2) is 7.45. The molecule has 1 rings (SSSR count). The number of rotatable bonds is 6. The Bertz CT molecular complexity index is 423. The molecule has 0 atom stereocenters. The molecule has 0 bridgehead atoms. The van der Waals surface area contributed by atoms with E-state index in [0.29, 0.717) is 10.6 Å². The molecule has 0 unspecified atom stereocenters. The van der Waals surface area contributed by atoms with E-state index in [0.717, 1.165) is 0 Å². The van der Waals surface area contributed by atoms with Crippen LogP contribution in [-0.2, 0) is 16.0 Å². The number of carbonyl (C=O) groups is 1. The van der Waals surface area contributed by atoms with Crippen molar-refractivity contribution in [3.63, 3.8) is 0 Å². The summed E-state index contributed by atoms with van der Waals surface area (Å²) < 4.78 is 14.4. The van der Waals surface area contributed by atoms with E-state index in [4.69, 9.17) is 14.2 Å². The van der Waals surface area contributed by atoms with Crippen molar-refractivity contribution in [2.75, 3.05) is 27.4 Å². The molecule has 0 aliphatic heterocycles. The van der Waals surface area contributed by atoms with E-state index in [1.165, 1.54) is 26.4 Å². The minimum absolute atomic E-state index is 0.0154. The lowest BCUT2D eigenvalue weighted by molar-refractivity contribution is -0.0835. The van der Waals surface area contributed by atoms with E-state index in [-0.39, 0.29) is 31.3 Å². The highest BCUT2D eigenvalue weighted by molar-refractivity contribution is 5.66. The van der Waals surface area contributed by atoms with Gasteiger partial charge in [0.1, 0.15) is 6.61 Å². The van der Waals surface area contributed by atoms with Crippen molar-refractivity contribution >= 4 is 6.09 Å². The fraction of sp³-hybridized carbons (Fsp3) is 0.417. The lowest BCUT2D eigenvalue weighted by Crippen LogP contribution is -2.28. The number of benzene rings is 1. The molecule has 0 aliphatic rings. The molecule has 0 heterocycles. The van der Waals surface area contributed by atoms with E-state index < -0.39 is 6.09 Å². The summed E-state index contributed by atoms with van der Waals surface area (Å²) in [4.78, 5) is 11.4. The number of hydrogen-bond acceptors (Lipinski definition) is 6. The van der Waals surface area contributed by atoms with Gasteiger partial charge in [0.2, 0.25) is 0 Å². The zero-order valence-corrected chi connectivity index (χ0v) is 10.8. The van der Waals surface area contributed by atoms with Crippen molar-refractivity contribution in [1.29, 1.82) is 0 Å². The lowest BCUT2D eigenvalue weighted by atomic mass is 10.2. The molecular formula is C12H17NO6. The van der Waals surface area contributed by atoms with Crippen molar-refractivity contribution in [3.05, 3.63) is 23.8 Å². The molecule has 1 aromatic carbocycles. The smallest absolute Gasteiger partial charge is 0.434 e. The van der Waals surface area contributed by atoms with Gasteiger partial charge in [-0.2, -0.15) is 5.06 Å². The van der Waals surface area contributed by atoms with Gasteiger partial charge in [-0.15, -0.1) is 0 Å². The number of aromatic hydroxyl groups is 1. The normalized spacial score (nSPS) is 10.1. The number of phenolic OH excluding ortho intramolecular Hbond substituents is 1. The van der Waals surface area contributed by atoms with E-state index >= 15 is 0 Å². The first kappa shape index (κ1) is 15.1. The summed E-state index contributed by atoms with van der Waals surface area (Å²) >= 11 is 0. The quantitative estimate of drug-likeness (QED) is 0.461. The molecule has 0 aromatic heterocycles. The Morgan fingerprint density at radius 1 is 1.32 bits per heavy atom. The molecular weight excluding hydrogens is 254 g/mol. The fourth-order valence-corrected chi connectivity index (χ4v) is 1.34. The van der Waals surface area contributed by atoms with Crippen LogP contribution < -0.4 is 4.74 Å². The van der Waals surface area contributed by atoms with Gasteiger partial charge < -0.3 is 19.3 Å². The van der Waals surface area contributed by atoms with Crippen LogP contribution in [0.1, 0.15) is 5.56 Å². The Balaban J connectivity index is 2.56. The Morgan fingerprint density at radius 2 is 2.05 bits per heavy atom. The molecule has 0 saturated carbocycles. The van der Waals surface area contributed by atoms with Crippen molar-refractivity contribution in [1.82, 2.24) is 5.06 Å². The molecule has 0 spiro atoms. The molecule has 0 aliphatic carbocycles. The van der Waals surface area contributed by atoms with Gasteiger partial charge in [-0.3, -0.25) is 5.21 Å². The maximum absolute atomic E-state index is 11.4. The van der Waals surface area contributed by atoms with E-state index in [1.54, 1.807) is 6.07 Å². The summed E-state index contributed by atoms with van der Waals surface area (Å²) in [6, 6.07) is 4.49. The third kappa shape index (κ3) is 4.65. The summed E-state index contributed by atoms with van der Waals surface area (Å²) in [5.74, 6) is 0.247. The largest absolute Gasteiger partial charge is 0.504 e. The molecule has 0 fully saturated rings. The third-order valence-corrected chi connectivity index (χ3v) is 2.30. The number of ether oxygens (including phenoxy) is 3. The van der Waals surface area contributed by atoms with Gasteiger partial charge in [0.15, 0.2) is 11.5 Å². The van der Waals surface area contributed by atoms with Gasteiger partial charge in [-0.25, -0.2) is 4.79 Å². The number of hydrogen-bond donors (Lipinski definition) is 2. The van der Waals surface area contributed by atoms with Crippen LogP contribution in [0.3, 0.4) is 0 Å². The molecule has 7 heteroatoms. The second-order valence-corrected chi connectivity index (χ2v) is 3.67. The van der Waals surface area contributed by atoms with Crippen molar-refractivity contribution < 1.29 is 29.3 Å². The number of nitrogens with zero attached hydrogens (tertiary/aromatic N) is 1.